The third kappa shape index (κ3) is 8.83. The lowest BCUT2D eigenvalue weighted by Crippen LogP contribution is -2.53. The van der Waals surface area contributed by atoms with Gasteiger partial charge in [-0.3, -0.25) is 29.0 Å². The van der Waals surface area contributed by atoms with Gasteiger partial charge in [-0.2, -0.15) is 4.98 Å². The molecule has 4 aliphatic heterocycles. The largest absolute Gasteiger partial charge is 0.372 e. The molecule has 3 fully saturated rings. The number of anilines is 6. The Morgan fingerprint density at radius 3 is 2.37 bits per heavy atom. The Balaban J connectivity index is 0.756. The van der Waals surface area contributed by atoms with Crippen LogP contribution >= 0.6 is 0 Å². The van der Waals surface area contributed by atoms with E-state index >= 15 is 0 Å². The van der Waals surface area contributed by atoms with Crippen molar-refractivity contribution in [3.8, 4) is 0 Å². The number of aryl methyl sites for hydroxylation is 1. The first kappa shape index (κ1) is 42.0. The first-order chi connectivity index (χ1) is 30.6. The summed E-state index contributed by atoms with van der Waals surface area (Å²) in [7, 11) is 1.50. The number of benzene rings is 2. The van der Waals surface area contributed by atoms with Crippen LogP contribution < -0.4 is 25.8 Å². The Hall–Kier alpha value is -6.35. The highest BCUT2D eigenvalue weighted by Gasteiger charge is 2.41. The van der Waals surface area contributed by atoms with Crippen molar-refractivity contribution in [2.24, 2.45) is 5.92 Å². The Morgan fingerprint density at radius 2 is 1.60 bits per heavy atom. The second-order valence-electron chi connectivity index (χ2n) is 17.5. The topological polar surface area (TPSA) is 159 Å². The summed E-state index contributed by atoms with van der Waals surface area (Å²) >= 11 is 0. The van der Waals surface area contributed by atoms with Crippen molar-refractivity contribution >= 4 is 58.3 Å². The lowest BCUT2D eigenvalue weighted by atomic mass is 9.95. The second kappa shape index (κ2) is 18.2. The number of piperazine rings is 1. The molecule has 328 valence electrons. The molecule has 2 unspecified atom stereocenters. The van der Waals surface area contributed by atoms with E-state index in [-0.39, 0.29) is 30.0 Å². The van der Waals surface area contributed by atoms with Crippen LogP contribution in [-0.4, -0.2) is 119 Å². The van der Waals surface area contributed by atoms with Crippen LogP contribution in [0, 0.1) is 5.92 Å². The van der Waals surface area contributed by atoms with Gasteiger partial charge in [0.15, 0.2) is 0 Å². The molecule has 6 heterocycles. The molecule has 2 atom stereocenters. The molecule has 0 radical (unpaired) electrons. The van der Waals surface area contributed by atoms with Crippen LogP contribution in [0.25, 0.3) is 0 Å². The predicted octanol–water partition coefficient (Wildman–Crippen LogP) is 5.86. The maximum absolute atomic E-state index is 13.3. The van der Waals surface area contributed by atoms with Crippen LogP contribution in [0.1, 0.15) is 88.9 Å². The summed E-state index contributed by atoms with van der Waals surface area (Å²) in [4.78, 5) is 75.7. The van der Waals surface area contributed by atoms with Gasteiger partial charge in [0.1, 0.15) is 23.2 Å². The monoisotopic (exact) mass is 851 g/mol. The van der Waals surface area contributed by atoms with Gasteiger partial charge >= 0.3 is 0 Å². The van der Waals surface area contributed by atoms with Crippen molar-refractivity contribution in [3.05, 3.63) is 101 Å². The maximum Gasteiger partial charge on any atom is 0.256 e. The highest BCUT2D eigenvalue weighted by atomic mass is 16.2. The molecule has 4 aromatic rings. The summed E-state index contributed by atoms with van der Waals surface area (Å²) in [5.41, 5.74) is 7.50. The zero-order valence-electron chi connectivity index (χ0n) is 36.3. The van der Waals surface area contributed by atoms with Crippen LogP contribution in [0.3, 0.4) is 0 Å². The van der Waals surface area contributed by atoms with Gasteiger partial charge in [-0.15, -0.1) is 6.58 Å². The van der Waals surface area contributed by atoms with Crippen molar-refractivity contribution in [3.63, 3.8) is 0 Å². The van der Waals surface area contributed by atoms with E-state index in [4.69, 9.17) is 9.97 Å². The summed E-state index contributed by atoms with van der Waals surface area (Å²) in [6, 6.07) is 17.9. The number of pyridine rings is 1. The van der Waals surface area contributed by atoms with E-state index in [0.29, 0.717) is 60.1 Å². The average Bonchev–Trinajstić information content (AvgIpc) is 3.87. The minimum absolute atomic E-state index is 0.122. The molecule has 15 heteroatoms. The number of rotatable bonds is 13. The Labute approximate surface area is 368 Å². The van der Waals surface area contributed by atoms with Crippen LogP contribution in [-0.2, 0) is 22.6 Å². The molecule has 15 nitrogen and oxygen atoms in total. The van der Waals surface area contributed by atoms with E-state index in [0.717, 1.165) is 105 Å². The smallest absolute Gasteiger partial charge is 0.256 e. The molecule has 2 aromatic carbocycles. The fourth-order valence-electron chi connectivity index (χ4n) is 9.86. The van der Waals surface area contributed by atoms with Crippen LogP contribution in [0.4, 0.5) is 34.6 Å². The number of imide groups is 1. The molecule has 3 N–H and O–H groups in total. The van der Waals surface area contributed by atoms with Crippen molar-refractivity contribution in [1.82, 2.24) is 35.0 Å². The van der Waals surface area contributed by atoms with Crippen molar-refractivity contribution in [1.29, 1.82) is 0 Å². The van der Waals surface area contributed by atoms with E-state index in [1.807, 2.05) is 30.3 Å². The van der Waals surface area contributed by atoms with E-state index in [1.54, 1.807) is 11.0 Å². The standard InChI is InChI=1S/C48H57N11O4/c1-4-20-49-45(61)39-28-50-48(54-44(39)53-41-16-8-33-7-6-32(5-2)43(33)52-41)51-35-9-11-36(12-10-35)58-25-23-56(24-26-58)29-31-18-21-57(22-19-31)37-13-14-38-34(27-37)30-59(46(38)62)40-15-17-42(60)55(3)47(40)63/h4,8-14,16,27-28,31-32,40H,1,5-7,15,17-26,29-30H2,2-3H3,(H,49,61)(H2,50,51,52,53,54). The lowest BCUT2D eigenvalue weighted by Gasteiger charge is -2.40. The maximum atomic E-state index is 13.3. The quantitative estimate of drug-likeness (QED) is 0.109. The minimum atomic E-state index is -0.585. The van der Waals surface area contributed by atoms with E-state index in [9.17, 15) is 19.2 Å². The van der Waals surface area contributed by atoms with Gasteiger partial charge in [0, 0.05) is 113 Å². The number of hydrogen-bond acceptors (Lipinski definition) is 12. The van der Waals surface area contributed by atoms with Gasteiger partial charge in [0.25, 0.3) is 17.7 Å². The number of nitrogens with zero attached hydrogens (tertiary/aromatic N) is 8. The van der Waals surface area contributed by atoms with Crippen LogP contribution in [0.15, 0.2) is 73.4 Å². The van der Waals surface area contributed by atoms with E-state index in [1.165, 1.54) is 24.5 Å². The normalized spacial score (nSPS) is 20.5. The van der Waals surface area contributed by atoms with Gasteiger partial charge in [0.2, 0.25) is 11.9 Å². The molecule has 0 bridgehead atoms. The third-order valence-electron chi connectivity index (χ3n) is 13.6. The molecule has 0 spiro atoms. The first-order valence-corrected chi connectivity index (χ1v) is 22.5. The third-order valence-corrected chi connectivity index (χ3v) is 13.6. The SMILES string of the molecule is C=CCNC(=O)c1cnc(Nc2ccc(N3CCN(CC4CCN(c5ccc6c(c5)CN(C5CCC(=O)N(C)C5=O)C6=O)CC4)CC3)cc2)nc1Nc1ccc2c(n1)C(CC)CC2. The molecule has 3 saturated heterocycles. The van der Waals surface area contributed by atoms with Gasteiger partial charge in [-0.25, -0.2) is 9.97 Å². The summed E-state index contributed by atoms with van der Waals surface area (Å²) < 4.78 is 0. The Bertz CT molecular complexity index is 2390. The molecule has 2 aromatic heterocycles. The molecule has 5 aliphatic rings. The number of likely N-dealkylation sites (tertiary alicyclic amines) is 1. The predicted molar refractivity (Wildman–Crippen MR) is 244 cm³/mol. The number of piperidine rings is 2. The fraction of sp³-hybridized carbons (Fsp3) is 0.438. The number of amides is 4. The molecule has 4 amide bonds. The number of carbonyl (C=O) groups is 4. The van der Waals surface area contributed by atoms with E-state index in [2.05, 4.69) is 73.4 Å². The average molecular weight is 852 g/mol. The Kier molecular flexibility index (Phi) is 12.1. The second-order valence-corrected chi connectivity index (χ2v) is 17.5. The summed E-state index contributed by atoms with van der Waals surface area (Å²) in [6.45, 7) is 13.6. The van der Waals surface area contributed by atoms with Gasteiger partial charge in [-0.05, 0) is 104 Å². The van der Waals surface area contributed by atoms with Crippen molar-refractivity contribution in [2.75, 3.05) is 79.8 Å². The first-order valence-electron chi connectivity index (χ1n) is 22.5. The molecule has 63 heavy (non-hydrogen) atoms. The molecule has 0 saturated carbocycles. The van der Waals surface area contributed by atoms with Gasteiger partial charge in [0.05, 0.1) is 0 Å². The zero-order chi connectivity index (χ0) is 43.6. The summed E-state index contributed by atoms with van der Waals surface area (Å²) in [5, 5.41) is 9.48. The van der Waals surface area contributed by atoms with E-state index < -0.39 is 6.04 Å². The number of aromatic nitrogens is 3. The lowest BCUT2D eigenvalue weighted by molar-refractivity contribution is -0.150. The van der Waals surface area contributed by atoms with Crippen LogP contribution in [0.2, 0.25) is 0 Å². The number of likely N-dealkylation sites (N-methyl/N-ethyl adjacent to an activating group) is 1. The molecular weight excluding hydrogens is 795 g/mol. The van der Waals surface area contributed by atoms with Crippen LogP contribution in [0.5, 0.6) is 0 Å². The number of fused-ring (bicyclic) bond motifs is 2. The highest BCUT2D eigenvalue weighted by Crippen LogP contribution is 2.36. The summed E-state index contributed by atoms with van der Waals surface area (Å²) in [5.74, 6) is 1.57. The Morgan fingerprint density at radius 1 is 0.841 bits per heavy atom. The summed E-state index contributed by atoms with van der Waals surface area (Å²) in [6.07, 6.45) is 9.25. The molecule has 1 aliphatic carbocycles. The van der Waals surface area contributed by atoms with Gasteiger partial charge in [-0.1, -0.05) is 19.1 Å². The fourth-order valence-corrected chi connectivity index (χ4v) is 9.86. The zero-order valence-corrected chi connectivity index (χ0v) is 36.3. The molecular formula is C48H57N11O4. The van der Waals surface area contributed by atoms with Crippen molar-refractivity contribution in [2.45, 2.75) is 70.4 Å². The highest BCUT2D eigenvalue weighted by molar-refractivity contribution is 6.05. The molecule has 9 rings (SSSR count). The number of hydrogen-bond donors (Lipinski definition) is 3. The van der Waals surface area contributed by atoms with Gasteiger partial charge < -0.3 is 30.7 Å². The number of carbonyl (C=O) groups excluding carboxylic acids is 4. The minimum Gasteiger partial charge on any atom is -0.372 e. The number of nitrogens with one attached hydrogen (secondary N) is 3. The van der Waals surface area contributed by atoms with Crippen molar-refractivity contribution < 1.29 is 19.2 Å².